The zero-order valence-electron chi connectivity index (χ0n) is 10.6. The molecule has 10 heteroatoms. The van der Waals surface area contributed by atoms with Gasteiger partial charge in [0.2, 0.25) is 0 Å². The van der Waals surface area contributed by atoms with E-state index in [2.05, 4.69) is 0 Å². The average molecular weight is 312 g/mol. The maximum Gasteiger partial charge on any atom is 0.433 e. The van der Waals surface area contributed by atoms with Gasteiger partial charge in [0.05, 0.1) is 11.3 Å². The minimum atomic E-state index is -4.99. The van der Waals surface area contributed by atoms with E-state index >= 15 is 0 Å². The van der Waals surface area contributed by atoms with Crippen molar-refractivity contribution < 1.29 is 18.3 Å². The molecule has 0 amide bonds. The number of nitriles is 1. The standard InChI is InChI=1S/C12H7F3N4O3/c13-12(14,15)9-8(17)10(21)19(11(22)18-9)6-2-1-5(4-16)7(20)3-6/h1-3,20H,17H2,(H,18,22). The fraction of sp³-hybridized carbons (Fsp3) is 0.0833. The summed E-state index contributed by atoms with van der Waals surface area (Å²) in [6.07, 6.45) is -4.99. The molecule has 1 heterocycles. The largest absolute Gasteiger partial charge is 0.506 e. The van der Waals surface area contributed by atoms with E-state index in [-0.39, 0.29) is 11.3 Å². The summed E-state index contributed by atoms with van der Waals surface area (Å²) in [5.74, 6) is -0.537. The topological polar surface area (TPSA) is 125 Å². The molecule has 0 saturated carbocycles. The van der Waals surface area contributed by atoms with Crippen LogP contribution in [0.1, 0.15) is 11.3 Å². The van der Waals surface area contributed by atoms with Crippen LogP contribution < -0.4 is 17.0 Å². The number of benzene rings is 1. The Morgan fingerprint density at radius 1 is 1.32 bits per heavy atom. The Hall–Kier alpha value is -3.22. The van der Waals surface area contributed by atoms with Crippen molar-refractivity contribution in [1.29, 1.82) is 5.26 Å². The fourth-order valence-electron chi connectivity index (χ4n) is 1.76. The summed E-state index contributed by atoms with van der Waals surface area (Å²) in [6, 6.07) is 4.75. The highest BCUT2D eigenvalue weighted by atomic mass is 19.4. The third-order valence-corrected chi connectivity index (χ3v) is 2.78. The Labute approximate surface area is 119 Å². The molecule has 4 N–H and O–H groups in total. The fourth-order valence-corrected chi connectivity index (χ4v) is 1.76. The highest BCUT2D eigenvalue weighted by molar-refractivity contribution is 5.51. The predicted octanol–water partition coefficient (Wildman–Crippen LogP) is 0.704. The second-order valence-electron chi connectivity index (χ2n) is 4.17. The molecule has 114 valence electrons. The number of H-pyrrole nitrogens is 1. The number of rotatable bonds is 1. The Bertz CT molecular complexity index is 906. The molecule has 0 unspecified atom stereocenters. The van der Waals surface area contributed by atoms with Gasteiger partial charge in [-0.3, -0.25) is 4.79 Å². The number of anilines is 1. The molecular weight excluding hydrogens is 305 g/mol. The second-order valence-corrected chi connectivity index (χ2v) is 4.17. The lowest BCUT2D eigenvalue weighted by atomic mass is 10.2. The number of halogens is 3. The van der Waals surface area contributed by atoms with Crippen LogP contribution in [-0.2, 0) is 6.18 Å². The van der Waals surface area contributed by atoms with Crippen molar-refractivity contribution in [2.45, 2.75) is 6.18 Å². The third kappa shape index (κ3) is 2.39. The van der Waals surface area contributed by atoms with Crippen LogP contribution in [0.3, 0.4) is 0 Å². The summed E-state index contributed by atoms with van der Waals surface area (Å²) < 4.78 is 38.2. The molecule has 0 bridgehead atoms. The summed E-state index contributed by atoms with van der Waals surface area (Å²) in [5, 5.41) is 18.2. The number of nitrogens with one attached hydrogen (secondary N) is 1. The normalized spacial score (nSPS) is 11.2. The molecule has 0 fully saturated rings. The van der Waals surface area contributed by atoms with Crippen molar-refractivity contribution in [3.05, 3.63) is 50.3 Å². The lowest BCUT2D eigenvalue weighted by Gasteiger charge is -2.12. The monoisotopic (exact) mass is 312 g/mol. The number of phenolic OH excluding ortho intramolecular Hbond substituents is 1. The highest BCUT2D eigenvalue weighted by Gasteiger charge is 2.36. The number of hydrogen-bond donors (Lipinski definition) is 3. The molecule has 1 aromatic heterocycles. The summed E-state index contributed by atoms with van der Waals surface area (Å²) in [4.78, 5) is 25.1. The lowest BCUT2D eigenvalue weighted by molar-refractivity contribution is -0.140. The molecule has 0 radical (unpaired) electrons. The van der Waals surface area contributed by atoms with E-state index in [9.17, 15) is 27.9 Å². The minimum Gasteiger partial charge on any atom is -0.506 e. The minimum absolute atomic E-state index is 0.131. The number of nitrogens with zero attached hydrogens (tertiary/aromatic N) is 2. The molecule has 0 aliphatic carbocycles. The number of phenols is 1. The Kier molecular flexibility index (Phi) is 3.42. The van der Waals surface area contributed by atoms with Gasteiger partial charge >= 0.3 is 11.9 Å². The van der Waals surface area contributed by atoms with Gasteiger partial charge in [-0.25, -0.2) is 9.36 Å². The van der Waals surface area contributed by atoms with Crippen molar-refractivity contribution in [1.82, 2.24) is 9.55 Å². The maximum atomic E-state index is 12.6. The van der Waals surface area contributed by atoms with Crippen molar-refractivity contribution >= 4 is 5.69 Å². The van der Waals surface area contributed by atoms with Crippen molar-refractivity contribution in [2.75, 3.05) is 5.73 Å². The zero-order chi connectivity index (χ0) is 16.7. The zero-order valence-corrected chi connectivity index (χ0v) is 10.6. The number of aromatic nitrogens is 2. The molecular formula is C12H7F3N4O3. The lowest BCUT2D eigenvalue weighted by Crippen LogP contribution is -2.38. The molecule has 0 spiro atoms. The van der Waals surface area contributed by atoms with Crippen LogP contribution in [0.5, 0.6) is 5.75 Å². The van der Waals surface area contributed by atoms with E-state index in [0.717, 1.165) is 18.2 Å². The number of alkyl halides is 3. The first kappa shape index (κ1) is 15.2. The molecule has 22 heavy (non-hydrogen) atoms. The highest BCUT2D eigenvalue weighted by Crippen LogP contribution is 2.29. The van der Waals surface area contributed by atoms with Gasteiger partial charge in [-0.1, -0.05) is 0 Å². The van der Waals surface area contributed by atoms with Crippen LogP contribution >= 0.6 is 0 Å². The van der Waals surface area contributed by atoms with Crippen LogP contribution in [0.25, 0.3) is 5.69 Å². The Morgan fingerprint density at radius 2 is 1.95 bits per heavy atom. The van der Waals surface area contributed by atoms with Gasteiger partial charge in [0, 0.05) is 6.07 Å². The van der Waals surface area contributed by atoms with Crippen molar-refractivity contribution in [3.8, 4) is 17.5 Å². The van der Waals surface area contributed by atoms with Gasteiger partial charge in [-0.15, -0.1) is 0 Å². The summed E-state index contributed by atoms with van der Waals surface area (Å²) >= 11 is 0. The first-order valence-electron chi connectivity index (χ1n) is 5.62. The smallest absolute Gasteiger partial charge is 0.433 e. The molecule has 0 saturated heterocycles. The first-order valence-corrected chi connectivity index (χ1v) is 5.62. The van der Waals surface area contributed by atoms with Crippen LogP contribution in [0.4, 0.5) is 18.9 Å². The van der Waals surface area contributed by atoms with E-state index in [1.807, 2.05) is 0 Å². The SMILES string of the molecule is N#Cc1ccc(-n2c(=O)[nH]c(C(F)(F)F)c(N)c2=O)cc1O. The molecule has 1 aromatic carbocycles. The molecule has 2 aromatic rings. The van der Waals surface area contributed by atoms with Gasteiger partial charge in [0.1, 0.15) is 17.5 Å². The maximum absolute atomic E-state index is 12.6. The third-order valence-electron chi connectivity index (χ3n) is 2.78. The van der Waals surface area contributed by atoms with Crippen LogP contribution in [0.2, 0.25) is 0 Å². The molecule has 2 rings (SSSR count). The van der Waals surface area contributed by atoms with E-state index < -0.39 is 34.6 Å². The van der Waals surface area contributed by atoms with E-state index in [4.69, 9.17) is 11.0 Å². The summed E-state index contributed by atoms with van der Waals surface area (Å²) in [5.41, 5.74) is -0.827. The summed E-state index contributed by atoms with van der Waals surface area (Å²) in [6.45, 7) is 0. The Balaban J connectivity index is 2.77. The second kappa shape index (κ2) is 4.96. The van der Waals surface area contributed by atoms with E-state index in [0.29, 0.717) is 4.57 Å². The Morgan fingerprint density at radius 3 is 2.45 bits per heavy atom. The van der Waals surface area contributed by atoms with E-state index in [1.165, 1.54) is 4.98 Å². The van der Waals surface area contributed by atoms with Crippen molar-refractivity contribution in [2.24, 2.45) is 0 Å². The molecule has 0 aliphatic heterocycles. The van der Waals surface area contributed by atoms with Crippen molar-refractivity contribution in [3.63, 3.8) is 0 Å². The number of nitrogens with two attached hydrogens (primary N) is 1. The van der Waals surface area contributed by atoms with Gasteiger partial charge in [-0.05, 0) is 12.1 Å². The van der Waals surface area contributed by atoms with Crippen LogP contribution in [-0.4, -0.2) is 14.7 Å². The van der Waals surface area contributed by atoms with Gasteiger partial charge in [-0.2, -0.15) is 18.4 Å². The van der Waals surface area contributed by atoms with Crippen LogP contribution in [0, 0.1) is 11.3 Å². The van der Waals surface area contributed by atoms with E-state index in [1.54, 1.807) is 6.07 Å². The summed E-state index contributed by atoms with van der Waals surface area (Å²) in [7, 11) is 0. The molecule has 7 nitrogen and oxygen atoms in total. The molecule has 0 aliphatic rings. The van der Waals surface area contributed by atoms with Gasteiger partial charge in [0.15, 0.2) is 5.69 Å². The van der Waals surface area contributed by atoms with Crippen LogP contribution in [0.15, 0.2) is 27.8 Å². The number of aromatic hydroxyl groups is 1. The molecule has 0 atom stereocenters. The predicted molar refractivity (Wildman–Crippen MR) is 68.5 cm³/mol. The van der Waals surface area contributed by atoms with Gasteiger partial charge in [0.25, 0.3) is 5.56 Å². The number of hydrogen-bond acceptors (Lipinski definition) is 5. The first-order chi connectivity index (χ1) is 10.2. The quantitative estimate of drug-likeness (QED) is 0.715. The number of aromatic amines is 1. The average Bonchev–Trinajstić information content (AvgIpc) is 2.42. The number of nitrogen functional groups attached to an aromatic ring is 1. The van der Waals surface area contributed by atoms with Gasteiger partial charge < -0.3 is 15.8 Å².